The van der Waals surface area contributed by atoms with E-state index in [4.69, 9.17) is 11.6 Å². The van der Waals surface area contributed by atoms with Gasteiger partial charge in [0.25, 0.3) is 0 Å². The molecule has 0 bridgehead atoms. The summed E-state index contributed by atoms with van der Waals surface area (Å²) in [6, 6.07) is 5.48. The minimum Gasteiger partial charge on any atom is -0.324 e. The van der Waals surface area contributed by atoms with Crippen molar-refractivity contribution in [2.75, 3.05) is 18.4 Å². The van der Waals surface area contributed by atoms with Crippen LogP contribution in [-0.4, -0.2) is 28.5 Å². The Hall–Kier alpha value is -1.85. The first-order valence-electron chi connectivity index (χ1n) is 6.95. The van der Waals surface area contributed by atoms with Crippen LogP contribution in [0.3, 0.4) is 0 Å². The summed E-state index contributed by atoms with van der Waals surface area (Å²) in [5.41, 5.74) is 1.44. The predicted molar refractivity (Wildman–Crippen MR) is 82.7 cm³/mol. The normalized spacial score (nSPS) is 21.4. The van der Waals surface area contributed by atoms with Crippen molar-refractivity contribution in [2.24, 2.45) is 11.8 Å². The second-order valence-electron chi connectivity index (χ2n) is 5.34. The average molecular weight is 305 g/mol. The molecule has 1 saturated heterocycles. The van der Waals surface area contributed by atoms with E-state index in [0.29, 0.717) is 23.2 Å². The van der Waals surface area contributed by atoms with E-state index >= 15 is 0 Å². The second kappa shape index (κ2) is 5.87. The fraction of sp³-hybridized carbons (Fsp3) is 0.333. The monoisotopic (exact) mass is 304 g/mol. The average Bonchev–Trinajstić information content (AvgIpc) is 3.10. The highest BCUT2D eigenvalue weighted by atomic mass is 35.5. The molecule has 1 aromatic heterocycles. The van der Waals surface area contributed by atoms with Crippen LogP contribution in [-0.2, 0) is 4.79 Å². The zero-order valence-corrected chi connectivity index (χ0v) is 12.5. The van der Waals surface area contributed by atoms with Gasteiger partial charge in [0.05, 0.1) is 28.6 Å². The Morgan fingerprint density at radius 2 is 2.33 bits per heavy atom. The highest BCUT2D eigenvalue weighted by molar-refractivity contribution is 6.33. The van der Waals surface area contributed by atoms with E-state index in [1.807, 2.05) is 12.1 Å². The maximum atomic E-state index is 12.4. The third-order valence-corrected chi connectivity index (χ3v) is 4.17. The third-order valence-electron chi connectivity index (χ3n) is 3.86. The molecule has 21 heavy (non-hydrogen) atoms. The summed E-state index contributed by atoms with van der Waals surface area (Å²) in [7, 11) is 0. The summed E-state index contributed by atoms with van der Waals surface area (Å²) >= 11 is 6.28. The lowest BCUT2D eigenvalue weighted by molar-refractivity contribution is -0.120. The van der Waals surface area contributed by atoms with E-state index in [0.717, 1.165) is 12.2 Å². The fourth-order valence-corrected chi connectivity index (χ4v) is 2.93. The molecule has 110 valence electrons. The van der Waals surface area contributed by atoms with Gasteiger partial charge in [-0.25, -0.2) is 4.98 Å². The lowest BCUT2D eigenvalue weighted by Crippen LogP contribution is -2.28. The van der Waals surface area contributed by atoms with Crippen LogP contribution in [0.25, 0.3) is 5.69 Å². The molecular weight excluding hydrogens is 288 g/mol. The van der Waals surface area contributed by atoms with Gasteiger partial charge >= 0.3 is 0 Å². The van der Waals surface area contributed by atoms with Gasteiger partial charge in [-0.05, 0) is 24.6 Å². The quantitative estimate of drug-likeness (QED) is 0.915. The standard InChI is InChI=1S/C15H17ClN4O/c1-10-7-18-8-11(10)15(21)19-13-4-2-3-12(16)14(13)20-6-5-17-9-20/h2-6,9-11,18H,7-8H2,1H3,(H,19,21)/t10-,11-/m1/s1. The van der Waals surface area contributed by atoms with Crippen molar-refractivity contribution in [3.05, 3.63) is 41.9 Å². The Kier molecular flexibility index (Phi) is 3.94. The van der Waals surface area contributed by atoms with Crippen LogP contribution < -0.4 is 10.6 Å². The number of nitrogens with one attached hydrogen (secondary N) is 2. The topological polar surface area (TPSA) is 59.0 Å². The van der Waals surface area contributed by atoms with E-state index in [1.165, 1.54) is 0 Å². The van der Waals surface area contributed by atoms with Gasteiger partial charge in [-0.1, -0.05) is 24.6 Å². The summed E-state index contributed by atoms with van der Waals surface area (Å²) in [6.45, 7) is 3.68. The van der Waals surface area contributed by atoms with Gasteiger partial charge in [-0.3, -0.25) is 4.79 Å². The first-order valence-corrected chi connectivity index (χ1v) is 7.33. The van der Waals surface area contributed by atoms with Crippen molar-refractivity contribution in [1.29, 1.82) is 0 Å². The van der Waals surface area contributed by atoms with E-state index in [9.17, 15) is 4.79 Å². The number of anilines is 1. The van der Waals surface area contributed by atoms with Gasteiger partial charge in [-0.15, -0.1) is 0 Å². The number of para-hydroxylation sites is 1. The van der Waals surface area contributed by atoms with Crippen LogP contribution >= 0.6 is 11.6 Å². The molecule has 2 atom stereocenters. The van der Waals surface area contributed by atoms with Gasteiger partial charge in [0, 0.05) is 18.9 Å². The largest absolute Gasteiger partial charge is 0.324 e. The molecule has 0 aliphatic carbocycles. The van der Waals surface area contributed by atoms with E-state index in [1.54, 1.807) is 29.4 Å². The van der Waals surface area contributed by atoms with Crippen molar-refractivity contribution >= 4 is 23.2 Å². The number of nitrogens with zero attached hydrogens (tertiary/aromatic N) is 2. The molecule has 2 N–H and O–H groups in total. The molecule has 0 saturated carbocycles. The lowest BCUT2D eigenvalue weighted by atomic mass is 9.97. The molecule has 0 radical (unpaired) electrons. The van der Waals surface area contributed by atoms with Gasteiger partial charge in [0.1, 0.15) is 0 Å². The lowest BCUT2D eigenvalue weighted by Gasteiger charge is -2.17. The molecule has 3 rings (SSSR count). The van der Waals surface area contributed by atoms with Crippen LogP contribution in [0.15, 0.2) is 36.9 Å². The highest BCUT2D eigenvalue weighted by Gasteiger charge is 2.30. The molecule has 2 aromatic rings. The Morgan fingerprint density at radius 1 is 1.48 bits per heavy atom. The molecule has 1 aromatic carbocycles. The fourth-order valence-electron chi connectivity index (χ4n) is 2.66. The van der Waals surface area contributed by atoms with Crippen LogP contribution in [0.5, 0.6) is 0 Å². The van der Waals surface area contributed by atoms with E-state index in [-0.39, 0.29) is 11.8 Å². The first kappa shape index (κ1) is 14.1. The maximum absolute atomic E-state index is 12.4. The van der Waals surface area contributed by atoms with Gasteiger partial charge < -0.3 is 15.2 Å². The number of carbonyl (C=O) groups excluding carboxylic acids is 1. The number of rotatable bonds is 3. The second-order valence-corrected chi connectivity index (χ2v) is 5.74. The Morgan fingerprint density at radius 3 is 3.00 bits per heavy atom. The van der Waals surface area contributed by atoms with Crippen molar-refractivity contribution in [3.63, 3.8) is 0 Å². The smallest absolute Gasteiger partial charge is 0.229 e. The molecule has 6 heteroatoms. The van der Waals surface area contributed by atoms with Crippen molar-refractivity contribution in [1.82, 2.24) is 14.9 Å². The van der Waals surface area contributed by atoms with Crippen molar-refractivity contribution < 1.29 is 4.79 Å². The molecule has 5 nitrogen and oxygen atoms in total. The summed E-state index contributed by atoms with van der Waals surface area (Å²) in [6.07, 6.45) is 5.14. The molecule has 1 amide bonds. The summed E-state index contributed by atoms with van der Waals surface area (Å²) < 4.78 is 1.80. The van der Waals surface area contributed by atoms with E-state index in [2.05, 4.69) is 22.5 Å². The number of imidazole rings is 1. The molecule has 2 heterocycles. The first-order chi connectivity index (χ1) is 10.2. The molecule has 0 unspecified atom stereocenters. The van der Waals surface area contributed by atoms with Gasteiger partial charge in [0.2, 0.25) is 5.91 Å². The zero-order valence-electron chi connectivity index (χ0n) is 11.7. The number of hydrogen-bond donors (Lipinski definition) is 2. The van der Waals surface area contributed by atoms with Crippen molar-refractivity contribution in [2.45, 2.75) is 6.92 Å². The summed E-state index contributed by atoms with van der Waals surface area (Å²) in [4.78, 5) is 16.5. The predicted octanol–water partition coefficient (Wildman–Crippen LogP) is 2.32. The van der Waals surface area contributed by atoms with Crippen molar-refractivity contribution in [3.8, 4) is 5.69 Å². The Labute approximate surface area is 128 Å². The maximum Gasteiger partial charge on any atom is 0.229 e. The van der Waals surface area contributed by atoms with Gasteiger partial charge in [-0.2, -0.15) is 0 Å². The minimum absolute atomic E-state index is 0.0142. The number of carbonyl (C=O) groups is 1. The Bertz CT molecular complexity index is 641. The third kappa shape index (κ3) is 2.80. The minimum atomic E-state index is -0.0142. The number of halogens is 1. The van der Waals surface area contributed by atoms with Gasteiger partial charge in [0.15, 0.2) is 0 Å². The number of amides is 1. The molecule has 1 fully saturated rings. The highest BCUT2D eigenvalue weighted by Crippen LogP contribution is 2.29. The summed E-state index contributed by atoms with van der Waals surface area (Å²) in [5, 5.41) is 6.81. The molecule has 0 spiro atoms. The zero-order chi connectivity index (χ0) is 14.8. The van der Waals surface area contributed by atoms with Crippen LogP contribution in [0.4, 0.5) is 5.69 Å². The Balaban J connectivity index is 1.89. The van der Waals surface area contributed by atoms with Crippen LogP contribution in [0.2, 0.25) is 5.02 Å². The molecular formula is C15H17ClN4O. The SMILES string of the molecule is C[C@@H]1CNC[C@H]1C(=O)Nc1cccc(Cl)c1-n1ccnc1. The number of benzene rings is 1. The van der Waals surface area contributed by atoms with Crippen LogP contribution in [0, 0.1) is 11.8 Å². The summed E-state index contributed by atoms with van der Waals surface area (Å²) in [5.74, 6) is 0.344. The van der Waals surface area contributed by atoms with E-state index < -0.39 is 0 Å². The molecule has 1 aliphatic rings. The number of hydrogen-bond acceptors (Lipinski definition) is 3. The molecule has 1 aliphatic heterocycles. The van der Waals surface area contributed by atoms with Crippen LogP contribution in [0.1, 0.15) is 6.92 Å². The number of aromatic nitrogens is 2.